The van der Waals surface area contributed by atoms with E-state index in [-0.39, 0.29) is 0 Å². The summed E-state index contributed by atoms with van der Waals surface area (Å²) in [5.41, 5.74) is 2.63. The normalized spacial score (nSPS) is 21.9. The molecule has 16 heavy (non-hydrogen) atoms. The monoisotopic (exact) mass is 218 g/mol. The van der Waals surface area contributed by atoms with Crippen LogP contribution >= 0.6 is 0 Å². The second-order valence-corrected chi connectivity index (χ2v) is 5.25. The van der Waals surface area contributed by atoms with Crippen LogP contribution in [0.4, 0.5) is 0 Å². The van der Waals surface area contributed by atoms with E-state index in [0.29, 0.717) is 6.04 Å². The first kappa shape index (κ1) is 11.6. The highest BCUT2D eigenvalue weighted by Gasteiger charge is 2.28. The number of pyridine rings is 1. The second kappa shape index (κ2) is 4.96. The fourth-order valence-electron chi connectivity index (χ4n) is 2.67. The summed E-state index contributed by atoms with van der Waals surface area (Å²) in [7, 11) is 0. The summed E-state index contributed by atoms with van der Waals surface area (Å²) in [6, 6.07) is 4.76. The van der Waals surface area contributed by atoms with Gasteiger partial charge in [0.25, 0.3) is 0 Å². The van der Waals surface area contributed by atoms with Crippen LogP contribution < -0.4 is 0 Å². The fourth-order valence-corrected chi connectivity index (χ4v) is 2.67. The Morgan fingerprint density at radius 3 is 3.00 bits per heavy atom. The Morgan fingerprint density at radius 1 is 1.50 bits per heavy atom. The van der Waals surface area contributed by atoms with Crippen molar-refractivity contribution in [2.75, 3.05) is 13.1 Å². The third-order valence-electron chi connectivity index (χ3n) is 3.33. The highest BCUT2D eigenvalue weighted by molar-refractivity contribution is 5.22. The lowest BCUT2D eigenvalue weighted by Gasteiger charge is -2.26. The minimum Gasteiger partial charge on any atom is -0.295 e. The van der Waals surface area contributed by atoms with Crippen LogP contribution in [0.25, 0.3) is 0 Å². The average molecular weight is 218 g/mol. The van der Waals surface area contributed by atoms with Crippen molar-refractivity contribution in [3.05, 3.63) is 29.6 Å². The molecule has 1 atom stereocenters. The number of nitrogens with zero attached hydrogens (tertiary/aromatic N) is 2. The molecule has 1 fully saturated rings. The molecule has 0 bridgehead atoms. The van der Waals surface area contributed by atoms with Gasteiger partial charge in [0.05, 0.1) is 11.7 Å². The van der Waals surface area contributed by atoms with Crippen molar-refractivity contribution in [3.8, 4) is 0 Å². The van der Waals surface area contributed by atoms with Gasteiger partial charge in [-0.1, -0.05) is 19.9 Å². The molecule has 1 aliphatic heterocycles. The second-order valence-electron chi connectivity index (χ2n) is 5.25. The van der Waals surface area contributed by atoms with Crippen LogP contribution in [0.15, 0.2) is 18.3 Å². The summed E-state index contributed by atoms with van der Waals surface area (Å²) in [6.45, 7) is 9.19. The van der Waals surface area contributed by atoms with E-state index in [1.165, 1.54) is 37.2 Å². The highest BCUT2D eigenvalue weighted by Crippen LogP contribution is 2.32. The van der Waals surface area contributed by atoms with Crippen molar-refractivity contribution < 1.29 is 0 Å². The third kappa shape index (κ3) is 2.43. The van der Waals surface area contributed by atoms with Crippen LogP contribution in [0, 0.1) is 12.8 Å². The average Bonchev–Trinajstić information content (AvgIpc) is 2.66. The van der Waals surface area contributed by atoms with E-state index in [4.69, 9.17) is 0 Å². The predicted molar refractivity (Wildman–Crippen MR) is 67.4 cm³/mol. The van der Waals surface area contributed by atoms with Crippen molar-refractivity contribution in [2.45, 2.75) is 39.7 Å². The molecule has 2 heterocycles. The minimum absolute atomic E-state index is 0.559. The summed E-state index contributed by atoms with van der Waals surface area (Å²) in [4.78, 5) is 7.17. The molecular formula is C14H22N2. The Labute approximate surface area is 98.7 Å². The lowest BCUT2D eigenvalue weighted by atomic mass is 10.1. The maximum absolute atomic E-state index is 4.58. The van der Waals surface area contributed by atoms with Gasteiger partial charge in [-0.25, -0.2) is 0 Å². The van der Waals surface area contributed by atoms with E-state index in [9.17, 15) is 0 Å². The standard InChI is InChI=1S/C14H22N2/c1-11(2)10-16-9-5-7-13(16)14-12(3)6-4-8-15-14/h4,6,8,11,13H,5,7,9-10H2,1-3H3/t13-/m0/s1. The van der Waals surface area contributed by atoms with Crippen LogP contribution in [-0.2, 0) is 0 Å². The Kier molecular flexibility index (Phi) is 3.59. The van der Waals surface area contributed by atoms with Gasteiger partial charge in [-0.2, -0.15) is 0 Å². The molecule has 1 saturated heterocycles. The highest BCUT2D eigenvalue weighted by atomic mass is 15.2. The van der Waals surface area contributed by atoms with E-state index in [0.717, 1.165) is 5.92 Å². The smallest absolute Gasteiger partial charge is 0.0604 e. The summed E-state index contributed by atoms with van der Waals surface area (Å²) in [5.74, 6) is 0.740. The van der Waals surface area contributed by atoms with Gasteiger partial charge < -0.3 is 0 Å². The number of likely N-dealkylation sites (tertiary alicyclic amines) is 1. The van der Waals surface area contributed by atoms with Crippen molar-refractivity contribution in [1.82, 2.24) is 9.88 Å². The zero-order valence-corrected chi connectivity index (χ0v) is 10.6. The van der Waals surface area contributed by atoms with E-state index >= 15 is 0 Å². The van der Waals surface area contributed by atoms with Crippen molar-refractivity contribution in [2.24, 2.45) is 5.92 Å². The number of aryl methyl sites for hydroxylation is 1. The molecule has 0 aromatic carbocycles. The molecule has 1 aliphatic rings. The molecule has 2 rings (SSSR count). The Bertz CT molecular complexity index is 346. The molecule has 1 aromatic rings. The maximum Gasteiger partial charge on any atom is 0.0604 e. The zero-order valence-electron chi connectivity index (χ0n) is 10.6. The van der Waals surface area contributed by atoms with Gasteiger partial charge >= 0.3 is 0 Å². The summed E-state index contributed by atoms with van der Waals surface area (Å²) in [6.07, 6.45) is 4.51. The lowest BCUT2D eigenvalue weighted by Crippen LogP contribution is -2.28. The molecule has 0 spiro atoms. The van der Waals surface area contributed by atoms with Crippen molar-refractivity contribution >= 4 is 0 Å². The molecule has 0 aliphatic carbocycles. The lowest BCUT2D eigenvalue weighted by molar-refractivity contribution is 0.225. The maximum atomic E-state index is 4.58. The molecule has 0 unspecified atom stereocenters. The molecule has 1 aromatic heterocycles. The SMILES string of the molecule is Cc1cccnc1[C@@H]1CCCN1CC(C)C. The van der Waals surface area contributed by atoms with Crippen LogP contribution in [0.2, 0.25) is 0 Å². The van der Waals surface area contributed by atoms with Crippen LogP contribution in [0.5, 0.6) is 0 Å². The molecule has 2 heteroatoms. The summed E-state index contributed by atoms with van der Waals surface area (Å²) < 4.78 is 0. The Morgan fingerprint density at radius 2 is 2.31 bits per heavy atom. The third-order valence-corrected chi connectivity index (χ3v) is 3.33. The van der Waals surface area contributed by atoms with E-state index < -0.39 is 0 Å². The van der Waals surface area contributed by atoms with E-state index in [1.54, 1.807) is 0 Å². The van der Waals surface area contributed by atoms with Crippen LogP contribution in [0.1, 0.15) is 44.0 Å². The number of hydrogen-bond donors (Lipinski definition) is 0. The van der Waals surface area contributed by atoms with Gasteiger partial charge in [0, 0.05) is 12.7 Å². The quantitative estimate of drug-likeness (QED) is 0.774. The van der Waals surface area contributed by atoms with Crippen LogP contribution in [-0.4, -0.2) is 23.0 Å². The summed E-state index contributed by atoms with van der Waals surface area (Å²) >= 11 is 0. The minimum atomic E-state index is 0.559. The first-order valence-corrected chi connectivity index (χ1v) is 6.34. The Hall–Kier alpha value is -0.890. The molecule has 88 valence electrons. The summed E-state index contributed by atoms with van der Waals surface area (Å²) in [5, 5.41) is 0. The zero-order chi connectivity index (χ0) is 11.5. The number of aromatic nitrogens is 1. The first-order chi connectivity index (χ1) is 7.68. The first-order valence-electron chi connectivity index (χ1n) is 6.34. The molecule has 0 N–H and O–H groups in total. The van der Waals surface area contributed by atoms with Gasteiger partial charge in [0.2, 0.25) is 0 Å². The molecule has 2 nitrogen and oxygen atoms in total. The van der Waals surface area contributed by atoms with E-state index in [2.05, 4.69) is 36.7 Å². The van der Waals surface area contributed by atoms with Gasteiger partial charge in [-0.05, 0) is 43.9 Å². The van der Waals surface area contributed by atoms with Crippen molar-refractivity contribution in [1.29, 1.82) is 0 Å². The largest absolute Gasteiger partial charge is 0.295 e. The van der Waals surface area contributed by atoms with E-state index in [1.807, 2.05) is 12.3 Å². The molecule has 0 radical (unpaired) electrons. The Balaban J connectivity index is 2.17. The van der Waals surface area contributed by atoms with Gasteiger partial charge in [0.1, 0.15) is 0 Å². The topological polar surface area (TPSA) is 16.1 Å². The predicted octanol–water partition coefficient (Wildman–Crippen LogP) is 3.18. The molecule has 0 amide bonds. The molecule has 0 saturated carbocycles. The van der Waals surface area contributed by atoms with Crippen LogP contribution in [0.3, 0.4) is 0 Å². The number of rotatable bonds is 3. The van der Waals surface area contributed by atoms with Crippen molar-refractivity contribution in [3.63, 3.8) is 0 Å². The van der Waals surface area contributed by atoms with Gasteiger partial charge in [0.15, 0.2) is 0 Å². The fraction of sp³-hybridized carbons (Fsp3) is 0.643. The molecular weight excluding hydrogens is 196 g/mol. The van der Waals surface area contributed by atoms with Gasteiger partial charge in [-0.3, -0.25) is 9.88 Å². The number of hydrogen-bond acceptors (Lipinski definition) is 2. The van der Waals surface area contributed by atoms with Gasteiger partial charge in [-0.15, -0.1) is 0 Å².